The third kappa shape index (κ3) is 3.39. The van der Waals surface area contributed by atoms with Gasteiger partial charge in [0.05, 0.1) is 16.1 Å². The Bertz CT molecular complexity index is 573. The Balaban J connectivity index is 2.19. The third-order valence-corrected chi connectivity index (χ3v) is 4.16. The number of nitrogens with one attached hydrogen (secondary N) is 1. The summed E-state index contributed by atoms with van der Waals surface area (Å²) in [5.74, 6) is 0.165. The molecule has 1 aromatic carbocycles. The number of nitro benzene ring substituents is 1. The van der Waals surface area contributed by atoms with Crippen LogP contribution in [0.4, 0.5) is 11.4 Å². The highest BCUT2D eigenvalue weighted by Gasteiger charge is 2.38. The number of benzene rings is 1. The topological polar surface area (TPSA) is 98.3 Å². The summed E-state index contributed by atoms with van der Waals surface area (Å²) in [7, 11) is 0. The molecule has 0 saturated heterocycles. The molecule has 1 aliphatic carbocycles. The van der Waals surface area contributed by atoms with Gasteiger partial charge in [0.2, 0.25) is 5.91 Å². The third-order valence-electron chi connectivity index (χ3n) is 4.16. The number of nitro groups is 1. The molecular weight excluding hydrogens is 270 g/mol. The second kappa shape index (κ2) is 5.81. The smallest absolute Gasteiger partial charge is 0.271 e. The number of non-ortho nitro benzene ring substituents is 1. The summed E-state index contributed by atoms with van der Waals surface area (Å²) in [6, 6.07) is 4.43. The number of hydrogen-bond acceptors (Lipinski definition) is 4. The number of rotatable bonds is 3. The Morgan fingerprint density at radius 3 is 2.86 bits per heavy atom. The molecule has 0 aliphatic heterocycles. The molecule has 1 amide bonds. The van der Waals surface area contributed by atoms with Crippen LogP contribution in [0.15, 0.2) is 18.2 Å². The highest BCUT2D eigenvalue weighted by atomic mass is 16.6. The molecule has 114 valence electrons. The van der Waals surface area contributed by atoms with Gasteiger partial charge in [0.15, 0.2) is 0 Å². The van der Waals surface area contributed by atoms with E-state index in [4.69, 9.17) is 5.73 Å². The lowest BCUT2D eigenvalue weighted by atomic mass is 9.76. The first-order valence-electron chi connectivity index (χ1n) is 7.17. The Hall–Kier alpha value is -1.95. The van der Waals surface area contributed by atoms with E-state index < -0.39 is 10.5 Å². The molecule has 21 heavy (non-hydrogen) atoms. The predicted molar refractivity (Wildman–Crippen MR) is 81.0 cm³/mol. The minimum Gasteiger partial charge on any atom is -0.324 e. The quantitative estimate of drug-likeness (QED) is 0.660. The molecule has 1 aliphatic rings. The van der Waals surface area contributed by atoms with Gasteiger partial charge in [-0.1, -0.05) is 25.8 Å². The van der Waals surface area contributed by atoms with Crippen LogP contribution in [0.2, 0.25) is 0 Å². The van der Waals surface area contributed by atoms with Crippen LogP contribution in [0.25, 0.3) is 0 Å². The summed E-state index contributed by atoms with van der Waals surface area (Å²) in [6.45, 7) is 3.89. The van der Waals surface area contributed by atoms with Crippen molar-refractivity contribution in [1.29, 1.82) is 0 Å². The number of amides is 1. The van der Waals surface area contributed by atoms with Gasteiger partial charge in [0.1, 0.15) is 0 Å². The SMILES string of the molecule is Cc1ccc([N+](=O)[O-])cc1NC(=O)C1(N)CCCC(C)C1. The largest absolute Gasteiger partial charge is 0.324 e. The molecule has 0 aromatic heterocycles. The van der Waals surface area contributed by atoms with Crippen LogP contribution in [0, 0.1) is 23.0 Å². The number of nitrogens with two attached hydrogens (primary N) is 1. The van der Waals surface area contributed by atoms with Crippen molar-refractivity contribution in [2.45, 2.75) is 45.1 Å². The fourth-order valence-electron chi connectivity index (χ4n) is 2.90. The average Bonchev–Trinajstić information content (AvgIpc) is 2.40. The number of aryl methyl sites for hydroxylation is 1. The molecule has 1 aromatic rings. The van der Waals surface area contributed by atoms with E-state index in [1.165, 1.54) is 12.1 Å². The van der Waals surface area contributed by atoms with Crippen molar-refractivity contribution in [2.24, 2.45) is 11.7 Å². The highest BCUT2D eigenvalue weighted by molar-refractivity contribution is 5.98. The van der Waals surface area contributed by atoms with Gasteiger partial charge in [-0.05, 0) is 31.2 Å². The number of carbonyl (C=O) groups is 1. The fourth-order valence-corrected chi connectivity index (χ4v) is 2.90. The van der Waals surface area contributed by atoms with Gasteiger partial charge in [-0.2, -0.15) is 0 Å². The maximum atomic E-state index is 12.5. The first-order valence-corrected chi connectivity index (χ1v) is 7.17. The number of nitrogens with zero attached hydrogens (tertiary/aromatic N) is 1. The van der Waals surface area contributed by atoms with Gasteiger partial charge in [-0.15, -0.1) is 0 Å². The van der Waals surface area contributed by atoms with Gasteiger partial charge in [0, 0.05) is 12.1 Å². The average molecular weight is 291 g/mol. The lowest BCUT2D eigenvalue weighted by Gasteiger charge is -2.35. The number of anilines is 1. The van der Waals surface area contributed by atoms with Crippen molar-refractivity contribution in [2.75, 3.05) is 5.32 Å². The van der Waals surface area contributed by atoms with Gasteiger partial charge < -0.3 is 11.1 Å². The molecule has 3 N–H and O–H groups in total. The van der Waals surface area contributed by atoms with Crippen LogP contribution in [0.5, 0.6) is 0 Å². The zero-order valence-corrected chi connectivity index (χ0v) is 12.4. The molecule has 0 bridgehead atoms. The van der Waals surface area contributed by atoms with E-state index in [1.54, 1.807) is 13.0 Å². The maximum absolute atomic E-state index is 12.5. The molecule has 0 spiro atoms. The summed E-state index contributed by atoms with van der Waals surface area (Å²) in [6.07, 6.45) is 3.31. The van der Waals surface area contributed by atoms with E-state index in [2.05, 4.69) is 12.2 Å². The molecule has 1 fully saturated rings. The fraction of sp³-hybridized carbons (Fsp3) is 0.533. The minimum atomic E-state index is -0.880. The van der Waals surface area contributed by atoms with Gasteiger partial charge in [0.25, 0.3) is 5.69 Å². The van der Waals surface area contributed by atoms with Crippen LogP contribution in [-0.4, -0.2) is 16.4 Å². The van der Waals surface area contributed by atoms with Crippen LogP contribution in [0.1, 0.15) is 38.2 Å². The Labute approximate surface area is 123 Å². The Kier molecular flexibility index (Phi) is 4.27. The van der Waals surface area contributed by atoms with Crippen LogP contribution in [-0.2, 0) is 4.79 Å². The van der Waals surface area contributed by atoms with Crippen molar-refractivity contribution < 1.29 is 9.72 Å². The monoisotopic (exact) mass is 291 g/mol. The van der Waals surface area contributed by atoms with Crippen molar-refractivity contribution in [1.82, 2.24) is 0 Å². The van der Waals surface area contributed by atoms with E-state index in [0.717, 1.165) is 18.4 Å². The van der Waals surface area contributed by atoms with E-state index in [9.17, 15) is 14.9 Å². The second-order valence-corrected chi connectivity index (χ2v) is 6.07. The van der Waals surface area contributed by atoms with Gasteiger partial charge in [-0.25, -0.2) is 0 Å². The molecule has 6 heteroatoms. The van der Waals surface area contributed by atoms with Crippen LogP contribution < -0.4 is 11.1 Å². The van der Waals surface area contributed by atoms with Crippen molar-refractivity contribution in [3.63, 3.8) is 0 Å². The summed E-state index contributed by atoms with van der Waals surface area (Å²) < 4.78 is 0. The molecule has 1 saturated carbocycles. The second-order valence-electron chi connectivity index (χ2n) is 6.07. The van der Waals surface area contributed by atoms with Crippen LogP contribution >= 0.6 is 0 Å². The highest BCUT2D eigenvalue weighted by Crippen LogP contribution is 2.32. The number of carbonyl (C=O) groups excluding carboxylic acids is 1. The first-order chi connectivity index (χ1) is 9.82. The number of hydrogen-bond donors (Lipinski definition) is 2. The molecular formula is C15H21N3O3. The molecule has 2 atom stereocenters. The van der Waals surface area contributed by atoms with E-state index in [0.29, 0.717) is 24.4 Å². The molecule has 2 unspecified atom stereocenters. The van der Waals surface area contributed by atoms with E-state index in [1.807, 2.05) is 0 Å². The van der Waals surface area contributed by atoms with Gasteiger partial charge >= 0.3 is 0 Å². The van der Waals surface area contributed by atoms with E-state index in [-0.39, 0.29) is 11.6 Å². The van der Waals surface area contributed by atoms with Crippen molar-refractivity contribution >= 4 is 17.3 Å². The zero-order chi connectivity index (χ0) is 15.6. The molecule has 0 heterocycles. The molecule has 2 rings (SSSR count). The lowest BCUT2D eigenvalue weighted by Crippen LogP contribution is -2.53. The first kappa shape index (κ1) is 15.4. The zero-order valence-electron chi connectivity index (χ0n) is 12.4. The van der Waals surface area contributed by atoms with Crippen LogP contribution in [0.3, 0.4) is 0 Å². The lowest BCUT2D eigenvalue weighted by molar-refractivity contribution is -0.384. The summed E-state index contributed by atoms with van der Waals surface area (Å²) in [5, 5.41) is 13.6. The van der Waals surface area contributed by atoms with Crippen molar-refractivity contribution in [3.05, 3.63) is 33.9 Å². The predicted octanol–water partition coefficient (Wildman–Crippen LogP) is 2.75. The molecule has 0 radical (unpaired) electrons. The summed E-state index contributed by atoms with van der Waals surface area (Å²) in [4.78, 5) is 22.8. The van der Waals surface area contributed by atoms with Gasteiger partial charge in [-0.3, -0.25) is 14.9 Å². The Morgan fingerprint density at radius 1 is 1.52 bits per heavy atom. The minimum absolute atomic E-state index is 0.0426. The summed E-state index contributed by atoms with van der Waals surface area (Å²) in [5.41, 5.74) is 6.55. The normalized spacial score (nSPS) is 25.4. The summed E-state index contributed by atoms with van der Waals surface area (Å²) >= 11 is 0. The maximum Gasteiger partial charge on any atom is 0.271 e. The Morgan fingerprint density at radius 2 is 2.24 bits per heavy atom. The standard InChI is InChI=1S/C15H21N3O3/c1-10-4-3-7-15(16,9-10)14(19)17-13-8-12(18(20)21)6-5-11(13)2/h5-6,8,10H,3-4,7,9,16H2,1-2H3,(H,17,19). The van der Waals surface area contributed by atoms with Crippen molar-refractivity contribution in [3.8, 4) is 0 Å². The molecule has 6 nitrogen and oxygen atoms in total. The van der Waals surface area contributed by atoms with E-state index >= 15 is 0 Å².